The van der Waals surface area contributed by atoms with E-state index in [1.165, 1.54) is 0 Å². The van der Waals surface area contributed by atoms with Crippen molar-refractivity contribution in [3.63, 3.8) is 0 Å². The first-order valence-electron chi connectivity index (χ1n) is 7.79. The van der Waals surface area contributed by atoms with Crippen LogP contribution in [0.5, 0.6) is 0 Å². The molecule has 3 aliphatic heterocycles. The molecule has 3 heterocycles. The van der Waals surface area contributed by atoms with Crippen LogP contribution in [0, 0.1) is 0 Å². The van der Waals surface area contributed by atoms with Crippen molar-refractivity contribution < 1.29 is 28.4 Å². The average molecular weight is 347 g/mol. The smallest absolute Gasteiger partial charge is 0.258 e. The maximum absolute atomic E-state index is 6.04. The molecular weight excluding hydrogens is 322 g/mol. The topological polar surface area (TPSA) is 58.6 Å². The van der Waals surface area contributed by atoms with Gasteiger partial charge >= 0.3 is 0 Å². The summed E-state index contributed by atoms with van der Waals surface area (Å²) in [5, 5.41) is 0.398. The molecule has 0 aromatic rings. The standard InChI is InChI=1S/C15H25NO6S/c1-14(2)19-9-8(7-17-13(23)16(5)6)18-12-11(10(9)20-14)21-15(3,4)22-12/h8-12H,7H2,1-6H3. The van der Waals surface area contributed by atoms with Crippen molar-refractivity contribution in [1.82, 2.24) is 4.90 Å². The minimum absolute atomic E-state index is 0.268. The Labute approximate surface area is 142 Å². The zero-order valence-electron chi connectivity index (χ0n) is 14.4. The molecule has 5 atom stereocenters. The Kier molecular flexibility index (Phi) is 4.36. The first kappa shape index (κ1) is 17.3. The molecule has 3 aliphatic rings. The zero-order valence-corrected chi connectivity index (χ0v) is 15.2. The van der Waals surface area contributed by atoms with Crippen LogP contribution in [0.4, 0.5) is 0 Å². The Morgan fingerprint density at radius 3 is 2.17 bits per heavy atom. The van der Waals surface area contributed by atoms with Crippen LogP contribution in [-0.4, -0.2) is 73.1 Å². The molecule has 3 fully saturated rings. The van der Waals surface area contributed by atoms with Gasteiger partial charge in [-0.25, -0.2) is 0 Å². The molecule has 5 unspecified atom stereocenters. The van der Waals surface area contributed by atoms with E-state index < -0.39 is 17.9 Å². The van der Waals surface area contributed by atoms with Gasteiger partial charge < -0.3 is 33.3 Å². The van der Waals surface area contributed by atoms with Crippen molar-refractivity contribution in [2.75, 3.05) is 20.7 Å². The van der Waals surface area contributed by atoms with Crippen LogP contribution < -0.4 is 0 Å². The van der Waals surface area contributed by atoms with Crippen LogP contribution in [0.25, 0.3) is 0 Å². The number of fused-ring (bicyclic) bond motifs is 3. The first-order chi connectivity index (χ1) is 10.6. The van der Waals surface area contributed by atoms with Crippen LogP contribution in [-0.2, 0) is 28.4 Å². The highest BCUT2D eigenvalue weighted by atomic mass is 32.1. The number of hydrogen-bond acceptors (Lipinski definition) is 7. The maximum Gasteiger partial charge on any atom is 0.258 e. The first-order valence-corrected chi connectivity index (χ1v) is 8.20. The van der Waals surface area contributed by atoms with E-state index in [1.54, 1.807) is 4.90 Å². The van der Waals surface area contributed by atoms with Crippen molar-refractivity contribution in [3.8, 4) is 0 Å². The molecular formula is C15H25NO6S. The number of ether oxygens (including phenoxy) is 6. The number of nitrogens with zero attached hydrogens (tertiary/aromatic N) is 1. The Morgan fingerprint density at radius 2 is 1.52 bits per heavy atom. The predicted octanol–water partition coefficient (Wildman–Crippen LogP) is 1.25. The number of rotatable bonds is 2. The lowest BCUT2D eigenvalue weighted by Crippen LogP contribution is -2.56. The van der Waals surface area contributed by atoms with Crippen LogP contribution in [0.3, 0.4) is 0 Å². The third-order valence-corrected chi connectivity index (χ3v) is 4.47. The molecule has 0 amide bonds. The SMILES string of the molecule is CN(C)C(=S)OCC1OC2OC(C)(C)OC2C2OC(C)(C)OC12. The van der Waals surface area contributed by atoms with Gasteiger partial charge in [0.1, 0.15) is 31.0 Å². The summed E-state index contributed by atoms with van der Waals surface area (Å²) in [6.07, 6.45) is -1.75. The van der Waals surface area contributed by atoms with E-state index >= 15 is 0 Å². The molecule has 0 aromatic heterocycles. The highest BCUT2D eigenvalue weighted by molar-refractivity contribution is 7.80. The molecule has 0 bridgehead atoms. The van der Waals surface area contributed by atoms with Gasteiger partial charge in [-0.2, -0.15) is 0 Å². The summed E-state index contributed by atoms with van der Waals surface area (Å²) in [5.74, 6) is -1.42. The van der Waals surface area contributed by atoms with E-state index in [0.29, 0.717) is 5.17 Å². The largest absolute Gasteiger partial charge is 0.468 e. The average Bonchev–Trinajstić information content (AvgIpc) is 2.89. The van der Waals surface area contributed by atoms with Gasteiger partial charge in [-0.05, 0) is 39.9 Å². The predicted molar refractivity (Wildman–Crippen MR) is 84.8 cm³/mol. The van der Waals surface area contributed by atoms with Gasteiger partial charge in [0, 0.05) is 14.1 Å². The molecule has 0 spiro atoms. The Morgan fingerprint density at radius 1 is 0.957 bits per heavy atom. The van der Waals surface area contributed by atoms with Crippen molar-refractivity contribution in [3.05, 3.63) is 0 Å². The van der Waals surface area contributed by atoms with Crippen LogP contribution >= 0.6 is 12.2 Å². The zero-order chi connectivity index (χ0) is 17.0. The Balaban J connectivity index is 1.74. The summed E-state index contributed by atoms with van der Waals surface area (Å²) < 4.78 is 35.5. The fraction of sp³-hybridized carbons (Fsp3) is 0.933. The van der Waals surface area contributed by atoms with E-state index in [0.717, 1.165) is 0 Å². The summed E-state index contributed by atoms with van der Waals surface area (Å²) in [7, 11) is 3.66. The van der Waals surface area contributed by atoms with E-state index in [4.69, 9.17) is 40.6 Å². The number of hydrogen-bond donors (Lipinski definition) is 0. The molecule has 132 valence electrons. The molecule has 3 saturated heterocycles. The van der Waals surface area contributed by atoms with E-state index in [2.05, 4.69) is 0 Å². The fourth-order valence-electron chi connectivity index (χ4n) is 3.11. The highest BCUT2D eigenvalue weighted by Gasteiger charge is 2.60. The highest BCUT2D eigenvalue weighted by Crippen LogP contribution is 2.44. The molecule has 0 aromatic carbocycles. The normalized spacial score (nSPS) is 40.3. The van der Waals surface area contributed by atoms with Crippen LogP contribution in [0.15, 0.2) is 0 Å². The number of thiocarbonyl (C=S) groups is 1. The summed E-state index contributed by atoms with van der Waals surface area (Å²) in [6, 6.07) is 0. The molecule has 23 heavy (non-hydrogen) atoms. The Hall–Kier alpha value is -0.510. The summed E-state index contributed by atoms with van der Waals surface area (Å²) in [5.41, 5.74) is 0. The van der Waals surface area contributed by atoms with Crippen molar-refractivity contribution in [2.24, 2.45) is 0 Å². The van der Waals surface area contributed by atoms with Crippen LogP contribution in [0.1, 0.15) is 27.7 Å². The van der Waals surface area contributed by atoms with Crippen molar-refractivity contribution >= 4 is 17.4 Å². The lowest BCUT2D eigenvalue weighted by atomic mass is 9.99. The maximum atomic E-state index is 6.04. The van der Waals surface area contributed by atoms with E-state index in [9.17, 15) is 0 Å². The second-order valence-electron chi connectivity index (χ2n) is 7.18. The molecule has 3 rings (SSSR count). The van der Waals surface area contributed by atoms with Gasteiger partial charge in [0.25, 0.3) is 5.17 Å². The second-order valence-corrected chi connectivity index (χ2v) is 7.53. The van der Waals surface area contributed by atoms with Crippen LogP contribution in [0.2, 0.25) is 0 Å². The lowest BCUT2D eigenvalue weighted by molar-refractivity contribution is -0.239. The van der Waals surface area contributed by atoms with Gasteiger partial charge in [-0.15, -0.1) is 0 Å². The molecule has 0 saturated carbocycles. The monoisotopic (exact) mass is 347 g/mol. The summed E-state index contributed by atoms with van der Waals surface area (Å²) >= 11 is 5.16. The Bertz CT molecular complexity index is 483. The minimum Gasteiger partial charge on any atom is -0.468 e. The van der Waals surface area contributed by atoms with Gasteiger partial charge in [-0.3, -0.25) is 0 Å². The summed E-state index contributed by atoms with van der Waals surface area (Å²) in [6.45, 7) is 7.74. The quantitative estimate of drug-likeness (QED) is 0.692. The van der Waals surface area contributed by atoms with Gasteiger partial charge in [0.15, 0.2) is 17.9 Å². The third kappa shape index (κ3) is 3.47. The van der Waals surface area contributed by atoms with Gasteiger partial charge in [0.05, 0.1) is 0 Å². The van der Waals surface area contributed by atoms with Crippen molar-refractivity contribution in [1.29, 1.82) is 0 Å². The van der Waals surface area contributed by atoms with Crippen molar-refractivity contribution in [2.45, 2.75) is 70.0 Å². The molecule has 0 radical (unpaired) electrons. The molecule has 7 nitrogen and oxygen atoms in total. The second kappa shape index (κ2) is 5.79. The lowest BCUT2D eigenvalue weighted by Gasteiger charge is -2.37. The minimum atomic E-state index is -0.718. The summed E-state index contributed by atoms with van der Waals surface area (Å²) in [4.78, 5) is 1.73. The van der Waals surface area contributed by atoms with Gasteiger partial charge in [-0.1, -0.05) is 0 Å². The van der Waals surface area contributed by atoms with Gasteiger partial charge in [0.2, 0.25) is 0 Å². The third-order valence-electron chi connectivity index (χ3n) is 3.99. The van der Waals surface area contributed by atoms with E-state index in [-0.39, 0.29) is 31.0 Å². The fourth-order valence-corrected chi connectivity index (χ4v) is 3.18. The molecule has 8 heteroatoms. The molecule has 0 aliphatic carbocycles. The van der Waals surface area contributed by atoms with E-state index in [1.807, 2.05) is 41.8 Å². The molecule has 0 N–H and O–H groups in total.